The molecule has 0 bridgehead atoms. The molecular formula is C12H14BrN3O. The molecule has 17 heavy (non-hydrogen) atoms. The topological polar surface area (TPSA) is 62.3 Å². The number of ether oxygens (including phenoxy) is 1. The van der Waals surface area contributed by atoms with Crippen LogP contribution >= 0.6 is 15.9 Å². The molecule has 1 aromatic carbocycles. The molecule has 1 aromatic rings. The standard InChI is InChI=1S/C12H14BrN3O/c1-8-4-12(10(13)5-11(8)15)16-2-3-17-9(6-14)7-16/h4-5,9H,2-3,7,15H2,1H3. The van der Waals surface area contributed by atoms with E-state index in [2.05, 4.69) is 26.9 Å². The van der Waals surface area contributed by atoms with Crippen LogP contribution in [0.25, 0.3) is 0 Å². The van der Waals surface area contributed by atoms with E-state index in [-0.39, 0.29) is 6.10 Å². The highest BCUT2D eigenvalue weighted by Crippen LogP contribution is 2.31. The normalized spacial score (nSPS) is 20.1. The summed E-state index contributed by atoms with van der Waals surface area (Å²) in [6.07, 6.45) is -0.353. The van der Waals surface area contributed by atoms with Gasteiger partial charge in [-0.1, -0.05) is 0 Å². The molecule has 1 aliphatic heterocycles. The molecule has 0 radical (unpaired) electrons. The van der Waals surface area contributed by atoms with Gasteiger partial charge in [0.2, 0.25) is 0 Å². The van der Waals surface area contributed by atoms with Gasteiger partial charge in [-0.15, -0.1) is 0 Å². The molecular weight excluding hydrogens is 282 g/mol. The molecule has 1 heterocycles. The fraction of sp³-hybridized carbons (Fsp3) is 0.417. The quantitative estimate of drug-likeness (QED) is 0.806. The summed E-state index contributed by atoms with van der Waals surface area (Å²) in [6, 6.07) is 6.09. The number of rotatable bonds is 1. The highest BCUT2D eigenvalue weighted by Gasteiger charge is 2.21. The second-order valence-corrected chi connectivity index (χ2v) is 4.95. The molecule has 90 valence electrons. The van der Waals surface area contributed by atoms with Gasteiger partial charge >= 0.3 is 0 Å². The predicted molar refractivity (Wildman–Crippen MR) is 70.9 cm³/mol. The van der Waals surface area contributed by atoms with E-state index in [4.69, 9.17) is 15.7 Å². The molecule has 4 nitrogen and oxygen atoms in total. The maximum absolute atomic E-state index is 8.89. The zero-order valence-corrected chi connectivity index (χ0v) is 11.2. The van der Waals surface area contributed by atoms with E-state index in [1.165, 1.54) is 0 Å². The third-order valence-corrected chi connectivity index (χ3v) is 3.52. The Morgan fingerprint density at radius 3 is 3.06 bits per heavy atom. The Morgan fingerprint density at radius 2 is 2.35 bits per heavy atom. The highest BCUT2D eigenvalue weighted by molar-refractivity contribution is 9.10. The molecule has 1 unspecified atom stereocenters. The minimum atomic E-state index is -0.353. The van der Waals surface area contributed by atoms with E-state index in [9.17, 15) is 0 Å². The van der Waals surface area contributed by atoms with Gasteiger partial charge in [0.25, 0.3) is 0 Å². The van der Waals surface area contributed by atoms with Gasteiger partial charge < -0.3 is 15.4 Å². The van der Waals surface area contributed by atoms with Crippen LogP contribution < -0.4 is 10.6 Å². The fourth-order valence-electron chi connectivity index (χ4n) is 1.87. The Balaban J connectivity index is 2.28. The number of morpholine rings is 1. The molecule has 1 atom stereocenters. The number of hydrogen-bond acceptors (Lipinski definition) is 4. The predicted octanol–water partition coefficient (Wildman–Crippen LogP) is 2.07. The minimum absolute atomic E-state index is 0.353. The molecule has 2 N–H and O–H groups in total. The van der Waals surface area contributed by atoms with E-state index in [1.807, 2.05) is 19.1 Å². The number of aryl methyl sites for hydroxylation is 1. The number of benzene rings is 1. The summed E-state index contributed by atoms with van der Waals surface area (Å²) in [5.74, 6) is 0. The third kappa shape index (κ3) is 2.54. The summed E-state index contributed by atoms with van der Waals surface area (Å²) in [4.78, 5) is 2.15. The van der Waals surface area contributed by atoms with E-state index in [1.54, 1.807) is 0 Å². The van der Waals surface area contributed by atoms with Gasteiger partial charge in [-0.3, -0.25) is 0 Å². The van der Waals surface area contributed by atoms with Gasteiger partial charge in [0.05, 0.1) is 24.9 Å². The second-order valence-electron chi connectivity index (χ2n) is 4.09. The fourth-order valence-corrected chi connectivity index (χ4v) is 2.48. The third-order valence-electron chi connectivity index (χ3n) is 2.89. The van der Waals surface area contributed by atoms with Crippen molar-refractivity contribution >= 4 is 27.3 Å². The average molecular weight is 296 g/mol. The highest BCUT2D eigenvalue weighted by atomic mass is 79.9. The maximum Gasteiger partial charge on any atom is 0.161 e. The van der Waals surface area contributed by atoms with Crippen LogP contribution in [0.15, 0.2) is 16.6 Å². The van der Waals surface area contributed by atoms with Crippen LogP contribution in [0.3, 0.4) is 0 Å². The van der Waals surface area contributed by atoms with Crippen molar-refractivity contribution in [3.8, 4) is 6.07 Å². The lowest BCUT2D eigenvalue weighted by atomic mass is 10.1. The summed E-state index contributed by atoms with van der Waals surface area (Å²) < 4.78 is 6.29. The Bertz CT molecular complexity index is 470. The summed E-state index contributed by atoms with van der Waals surface area (Å²) >= 11 is 3.51. The Morgan fingerprint density at radius 1 is 1.59 bits per heavy atom. The van der Waals surface area contributed by atoms with E-state index in [0.717, 1.165) is 28.0 Å². The number of halogens is 1. The Hall–Kier alpha value is -1.25. The lowest BCUT2D eigenvalue weighted by molar-refractivity contribution is 0.0764. The van der Waals surface area contributed by atoms with Gasteiger partial charge in [0.15, 0.2) is 6.10 Å². The van der Waals surface area contributed by atoms with Crippen molar-refractivity contribution < 1.29 is 4.74 Å². The van der Waals surface area contributed by atoms with Crippen molar-refractivity contribution in [2.45, 2.75) is 13.0 Å². The maximum atomic E-state index is 8.89. The molecule has 0 amide bonds. The SMILES string of the molecule is Cc1cc(N2CCOC(C#N)C2)c(Br)cc1N. The first-order chi connectivity index (χ1) is 8.11. The van der Waals surface area contributed by atoms with E-state index in [0.29, 0.717) is 13.2 Å². The average Bonchev–Trinajstić information content (AvgIpc) is 2.34. The van der Waals surface area contributed by atoms with Crippen molar-refractivity contribution in [2.24, 2.45) is 0 Å². The van der Waals surface area contributed by atoms with Crippen LogP contribution in [0.1, 0.15) is 5.56 Å². The number of nitriles is 1. The molecule has 2 rings (SSSR count). The zero-order chi connectivity index (χ0) is 12.4. The molecule has 0 saturated carbocycles. The van der Waals surface area contributed by atoms with Gasteiger partial charge in [-0.2, -0.15) is 5.26 Å². The summed E-state index contributed by atoms with van der Waals surface area (Å²) in [5.41, 5.74) is 8.73. The zero-order valence-electron chi connectivity index (χ0n) is 9.61. The van der Waals surface area contributed by atoms with Crippen LogP contribution in [-0.4, -0.2) is 25.8 Å². The molecule has 1 aliphatic rings. The lowest BCUT2D eigenvalue weighted by Crippen LogP contribution is -2.42. The molecule has 0 aliphatic carbocycles. The first-order valence-electron chi connectivity index (χ1n) is 5.43. The second kappa shape index (κ2) is 4.94. The van der Waals surface area contributed by atoms with Crippen molar-refractivity contribution in [3.63, 3.8) is 0 Å². The van der Waals surface area contributed by atoms with Crippen molar-refractivity contribution in [3.05, 3.63) is 22.2 Å². The Kier molecular flexibility index (Phi) is 3.55. The van der Waals surface area contributed by atoms with Crippen molar-refractivity contribution in [1.82, 2.24) is 0 Å². The molecule has 1 fully saturated rings. The van der Waals surface area contributed by atoms with Crippen molar-refractivity contribution in [1.29, 1.82) is 5.26 Å². The monoisotopic (exact) mass is 295 g/mol. The summed E-state index contributed by atoms with van der Waals surface area (Å²) in [7, 11) is 0. The summed E-state index contributed by atoms with van der Waals surface area (Å²) in [6.45, 7) is 3.94. The van der Waals surface area contributed by atoms with Gasteiger partial charge in [-0.25, -0.2) is 0 Å². The van der Waals surface area contributed by atoms with Crippen LogP contribution in [0, 0.1) is 18.3 Å². The van der Waals surface area contributed by atoms with Crippen molar-refractivity contribution in [2.75, 3.05) is 30.3 Å². The molecule has 5 heteroatoms. The number of nitrogens with zero attached hydrogens (tertiary/aromatic N) is 2. The first-order valence-corrected chi connectivity index (χ1v) is 6.23. The molecule has 0 aromatic heterocycles. The van der Waals surface area contributed by atoms with Crippen LogP contribution in [0.4, 0.5) is 11.4 Å². The number of nitrogens with two attached hydrogens (primary N) is 1. The van der Waals surface area contributed by atoms with Crippen LogP contribution in [-0.2, 0) is 4.74 Å². The molecule has 0 spiro atoms. The number of hydrogen-bond donors (Lipinski definition) is 1. The molecule has 1 saturated heterocycles. The Labute approximate surface area is 109 Å². The smallest absolute Gasteiger partial charge is 0.161 e. The largest absolute Gasteiger partial charge is 0.398 e. The van der Waals surface area contributed by atoms with Crippen LogP contribution in [0.5, 0.6) is 0 Å². The van der Waals surface area contributed by atoms with Crippen LogP contribution in [0.2, 0.25) is 0 Å². The minimum Gasteiger partial charge on any atom is -0.398 e. The van der Waals surface area contributed by atoms with Gasteiger partial charge in [0, 0.05) is 16.7 Å². The summed E-state index contributed by atoms with van der Waals surface area (Å²) in [5, 5.41) is 8.89. The van der Waals surface area contributed by atoms with E-state index >= 15 is 0 Å². The van der Waals surface area contributed by atoms with E-state index < -0.39 is 0 Å². The number of nitrogen functional groups attached to an aromatic ring is 1. The van der Waals surface area contributed by atoms with Gasteiger partial charge in [-0.05, 0) is 40.5 Å². The van der Waals surface area contributed by atoms with Gasteiger partial charge in [0.1, 0.15) is 0 Å². The number of anilines is 2. The lowest BCUT2D eigenvalue weighted by Gasteiger charge is -2.32. The first kappa shape index (κ1) is 12.2.